The fourth-order valence-corrected chi connectivity index (χ4v) is 4.48. The van der Waals surface area contributed by atoms with Gasteiger partial charge in [-0.3, -0.25) is 10.1 Å². The van der Waals surface area contributed by atoms with Gasteiger partial charge < -0.3 is 10.4 Å². The smallest absolute Gasteiger partial charge is 0.404 e. The Hall–Kier alpha value is -2.98. The van der Waals surface area contributed by atoms with Crippen molar-refractivity contribution < 1.29 is 23.2 Å². The molecule has 0 saturated carbocycles. The van der Waals surface area contributed by atoms with Crippen LogP contribution in [0.15, 0.2) is 59.5 Å². The van der Waals surface area contributed by atoms with Crippen molar-refractivity contribution >= 4 is 21.8 Å². The number of sulfonamides is 1. The van der Waals surface area contributed by atoms with Crippen LogP contribution in [0.4, 0.5) is 10.5 Å². The molecule has 2 rings (SSSR count). The van der Waals surface area contributed by atoms with E-state index in [1.807, 2.05) is 30.3 Å². The van der Waals surface area contributed by atoms with Crippen LogP contribution in [0.1, 0.15) is 25.3 Å². The van der Waals surface area contributed by atoms with Crippen molar-refractivity contribution in [2.75, 3.05) is 0 Å². The van der Waals surface area contributed by atoms with E-state index in [0.29, 0.717) is 12.8 Å². The van der Waals surface area contributed by atoms with Crippen LogP contribution in [0.2, 0.25) is 0 Å². The summed E-state index contributed by atoms with van der Waals surface area (Å²) in [6.45, 7) is 1.63. The molecule has 29 heavy (non-hydrogen) atoms. The van der Waals surface area contributed by atoms with Crippen LogP contribution < -0.4 is 10.0 Å². The number of amides is 1. The third-order valence-corrected chi connectivity index (χ3v) is 5.87. The lowest BCUT2D eigenvalue weighted by atomic mass is 10.0. The number of carbonyl (C=O) groups is 1. The quantitative estimate of drug-likeness (QED) is 0.398. The second kappa shape index (κ2) is 9.99. The van der Waals surface area contributed by atoms with E-state index in [1.54, 1.807) is 6.92 Å². The van der Waals surface area contributed by atoms with E-state index in [2.05, 4.69) is 10.0 Å². The monoisotopic (exact) mass is 421 g/mol. The zero-order valence-electron chi connectivity index (χ0n) is 15.8. The lowest BCUT2D eigenvalue weighted by molar-refractivity contribution is -0.387. The molecule has 1 amide bonds. The summed E-state index contributed by atoms with van der Waals surface area (Å²) in [5, 5.41) is 22.4. The molecule has 0 radical (unpaired) electrons. The van der Waals surface area contributed by atoms with Gasteiger partial charge in [-0.2, -0.15) is 0 Å². The minimum absolute atomic E-state index is 0.193. The van der Waals surface area contributed by atoms with Gasteiger partial charge in [0.2, 0.25) is 10.0 Å². The highest BCUT2D eigenvalue weighted by Crippen LogP contribution is 2.24. The van der Waals surface area contributed by atoms with Crippen molar-refractivity contribution in [3.63, 3.8) is 0 Å². The summed E-state index contributed by atoms with van der Waals surface area (Å²) in [4.78, 5) is 20.9. The maximum absolute atomic E-state index is 12.8. The van der Waals surface area contributed by atoms with Crippen LogP contribution in [0.5, 0.6) is 0 Å². The van der Waals surface area contributed by atoms with Crippen molar-refractivity contribution in [3.8, 4) is 0 Å². The maximum Gasteiger partial charge on any atom is 0.404 e. The molecule has 9 nitrogen and oxygen atoms in total. The molecule has 0 aliphatic carbocycles. The molecule has 0 spiro atoms. The summed E-state index contributed by atoms with van der Waals surface area (Å²) in [7, 11) is -4.18. The highest BCUT2D eigenvalue weighted by atomic mass is 32.2. The van der Waals surface area contributed by atoms with E-state index >= 15 is 0 Å². The second-order valence-electron chi connectivity index (χ2n) is 6.65. The topological polar surface area (TPSA) is 139 Å². The molecule has 0 fully saturated rings. The average molecular weight is 421 g/mol. The molecule has 0 aromatic heterocycles. The molecule has 3 N–H and O–H groups in total. The third-order valence-electron chi connectivity index (χ3n) is 4.31. The lowest BCUT2D eigenvalue weighted by Gasteiger charge is -2.22. The van der Waals surface area contributed by atoms with Crippen molar-refractivity contribution in [2.45, 2.75) is 43.2 Å². The highest BCUT2D eigenvalue weighted by Gasteiger charge is 2.28. The van der Waals surface area contributed by atoms with E-state index in [4.69, 9.17) is 5.11 Å². The fourth-order valence-electron chi connectivity index (χ4n) is 3.03. The number of hydrogen-bond acceptors (Lipinski definition) is 5. The molecule has 10 heteroatoms. The van der Waals surface area contributed by atoms with E-state index in [9.17, 15) is 23.3 Å². The molecule has 0 heterocycles. The number of nitro groups is 1. The molecule has 156 valence electrons. The molecular weight excluding hydrogens is 398 g/mol. The van der Waals surface area contributed by atoms with Gasteiger partial charge in [0.1, 0.15) is 0 Å². The summed E-state index contributed by atoms with van der Waals surface area (Å²) < 4.78 is 28.2. The first kappa shape index (κ1) is 22.3. The first-order valence-corrected chi connectivity index (χ1v) is 10.5. The Labute approximate surface area is 169 Å². The van der Waals surface area contributed by atoms with E-state index in [0.717, 1.165) is 11.6 Å². The van der Waals surface area contributed by atoms with Crippen molar-refractivity contribution in [2.24, 2.45) is 0 Å². The number of aryl methyl sites for hydroxylation is 1. The first-order valence-electron chi connectivity index (χ1n) is 8.98. The highest BCUT2D eigenvalue weighted by molar-refractivity contribution is 7.89. The Morgan fingerprint density at radius 1 is 1.14 bits per heavy atom. The summed E-state index contributed by atoms with van der Waals surface area (Å²) in [5.74, 6) is 0. The Balaban J connectivity index is 2.22. The van der Waals surface area contributed by atoms with Crippen molar-refractivity contribution in [1.82, 2.24) is 10.0 Å². The number of benzene rings is 2. The standard InChI is InChI=1S/C19H23N3O6S/c1-14(20-19(23)24)13-16(12-11-15-7-3-2-4-8-15)21-29(27,28)18-10-6-5-9-17(18)22(25)26/h2-10,14,16,20-21H,11-13H2,1H3,(H,23,24)/t14-,16?/m1/s1. The van der Waals surface area contributed by atoms with Crippen LogP contribution >= 0.6 is 0 Å². The average Bonchev–Trinajstić information content (AvgIpc) is 2.66. The van der Waals surface area contributed by atoms with Crippen LogP contribution in [0, 0.1) is 10.1 Å². The van der Waals surface area contributed by atoms with Gasteiger partial charge in [-0.15, -0.1) is 0 Å². The molecule has 2 atom stereocenters. The van der Waals surface area contributed by atoms with Crippen LogP contribution in [-0.4, -0.2) is 36.6 Å². The van der Waals surface area contributed by atoms with Crippen LogP contribution in [-0.2, 0) is 16.4 Å². The Kier molecular flexibility index (Phi) is 7.68. The maximum atomic E-state index is 12.8. The molecule has 0 aliphatic rings. The zero-order chi connectivity index (χ0) is 21.4. The summed E-state index contributed by atoms with van der Waals surface area (Å²) >= 11 is 0. The Morgan fingerprint density at radius 2 is 1.76 bits per heavy atom. The number of nitrogens with one attached hydrogen (secondary N) is 2. The van der Waals surface area contributed by atoms with Gasteiger partial charge in [-0.1, -0.05) is 42.5 Å². The van der Waals surface area contributed by atoms with Gasteiger partial charge >= 0.3 is 6.09 Å². The normalized spacial score (nSPS) is 13.4. The molecular formula is C19H23N3O6S. The Bertz CT molecular complexity index is 949. The molecule has 0 aliphatic heterocycles. The molecule has 0 bridgehead atoms. The second-order valence-corrected chi connectivity index (χ2v) is 8.34. The minimum atomic E-state index is -4.18. The Morgan fingerprint density at radius 3 is 2.38 bits per heavy atom. The van der Waals surface area contributed by atoms with Gasteiger partial charge in [0.25, 0.3) is 5.69 Å². The van der Waals surface area contributed by atoms with Crippen LogP contribution in [0.3, 0.4) is 0 Å². The van der Waals surface area contributed by atoms with E-state index in [-0.39, 0.29) is 6.42 Å². The predicted molar refractivity (Wildman–Crippen MR) is 107 cm³/mol. The predicted octanol–water partition coefficient (Wildman–Crippen LogP) is 2.92. The molecule has 2 aromatic carbocycles. The number of para-hydroxylation sites is 1. The number of hydrogen-bond donors (Lipinski definition) is 3. The largest absolute Gasteiger partial charge is 0.465 e. The van der Waals surface area contributed by atoms with Gasteiger partial charge in [0.15, 0.2) is 4.90 Å². The number of nitro benzene ring substituents is 1. The van der Waals surface area contributed by atoms with Crippen molar-refractivity contribution in [3.05, 3.63) is 70.3 Å². The molecule has 2 aromatic rings. The van der Waals surface area contributed by atoms with Gasteiger partial charge in [-0.05, 0) is 37.8 Å². The van der Waals surface area contributed by atoms with E-state index < -0.39 is 43.7 Å². The van der Waals surface area contributed by atoms with E-state index in [1.165, 1.54) is 18.2 Å². The summed E-state index contributed by atoms with van der Waals surface area (Å²) in [5.41, 5.74) is 0.486. The first-order chi connectivity index (χ1) is 13.7. The van der Waals surface area contributed by atoms with Crippen molar-refractivity contribution in [1.29, 1.82) is 0 Å². The number of nitrogens with zero attached hydrogens (tertiary/aromatic N) is 1. The molecule has 0 saturated heterocycles. The lowest BCUT2D eigenvalue weighted by Crippen LogP contribution is -2.41. The summed E-state index contributed by atoms with van der Waals surface area (Å²) in [6, 6.07) is 13.4. The van der Waals surface area contributed by atoms with Crippen LogP contribution in [0.25, 0.3) is 0 Å². The van der Waals surface area contributed by atoms with Gasteiger partial charge in [-0.25, -0.2) is 17.9 Å². The molecule has 1 unspecified atom stereocenters. The van der Waals surface area contributed by atoms with Gasteiger partial charge in [0, 0.05) is 18.2 Å². The number of carboxylic acid groups (broad SMARTS) is 1. The zero-order valence-corrected chi connectivity index (χ0v) is 16.6. The third kappa shape index (κ3) is 6.84. The summed E-state index contributed by atoms with van der Waals surface area (Å²) in [6.07, 6.45) is -0.0555. The SMILES string of the molecule is C[C@H](CC(CCc1ccccc1)NS(=O)(=O)c1ccccc1[N+](=O)[O-])NC(=O)O. The minimum Gasteiger partial charge on any atom is -0.465 e. The number of rotatable bonds is 10. The fraction of sp³-hybridized carbons (Fsp3) is 0.316. The van der Waals surface area contributed by atoms with Gasteiger partial charge in [0.05, 0.1) is 4.92 Å².